The number of halogens is 4. The van der Waals surface area contributed by atoms with Crippen LogP contribution in [0.15, 0.2) is 24.3 Å². The van der Waals surface area contributed by atoms with Gasteiger partial charge in [0.05, 0.1) is 32.3 Å². The van der Waals surface area contributed by atoms with Gasteiger partial charge >= 0.3 is 6.61 Å². The highest BCUT2D eigenvalue weighted by Crippen LogP contribution is 2.29. The van der Waals surface area contributed by atoms with Gasteiger partial charge in [0.2, 0.25) is 5.88 Å². The van der Waals surface area contributed by atoms with Crippen LogP contribution in [0.3, 0.4) is 0 Å². The second kappa shape index (κ2) is 9.65. The number of alkyl halides is 4. The number of carbonyl (C=O) groups excluding carboxylic acids is 1. The molecule has 2 aromatic rings. The summed E-state index contributed by atoms with van der Waals surface area (Å²) in [5.74, 6) is -1.75. The summed E-state index contributed by atoms with van der Waals surface area (Å²) in [6.07, 6.45) is 1.33. The molecular weight excluding hydrogens is 472 g/mol. The number of carbonyl (C=O) groups is 1. The smallest absolute Gasteiger partial charge is 0.345 e. The molecule has 2 atom stereocenters. The van der Waals surface area contributed by atoms with E-state index in [-0.39, 0.29) is 43.4 Å². The number of amides is 1. The van der Waals surface area contributed by atoms with Gasteiger partial charge in [0.1, 0.15) is 18.5 Å². The Morgan fingerprint density at radius 2 is 2.11 bits per heavy atom. The monoisotopic (exact) mass is 498 g/mol. The molecule has 3 aliphatic rings. The number of hydrogen-bond donors (Lipinski definition) is 1. The number of aromatic nitrogens is 2. The minimum atomic E-state index is -2.79. The Morgan fingerprint density at radius 1 is 1.29 bits per heavy atom. The van der Waals surface area contributed by atoms with Gasteiger partial charge < -0.3 is 19.5 Å². The molecule has 0 spiro atoms. The lowest BCUT2D eigenvalue weighted by Gasteiger charge is -2.38. The van der Waals surface area contributed by atoms with Crippen molar-refractivity contribution >= 4 is 5.91 Å². The second-order valence-electron chi connectivity index (χ2n) is 9.15. The summed E-state index contributed by atoms with van der Waals surface area (Å²) in [7, 11) is 0. The maximum Gasteiger partial charge on any atom is 0.345 e. The Bertz CT molecular complexity index is 1050. The molecule has 35 heavy (non-hydrogen) atoms. The molecule has 0 aliphatic carbocycles. The average Bonchev–Trinajstić information content (AvgIpc) is 3.35. The SMILES string of the molecule is O=C(N[C@H]1COc2ccc(CCOC(F)F)cc2C1)c1cc2n(n1)C[C@@H](CCN1CC(F)(F)C1)O2. The lowest BCUT2D eigenvalue weighted by atomic mass is 9.99. The molecule has 0 saturated carbocycles. The summed E-state index contributed by atoms with van der Waals surface area (Å²) < 4.78 is 67.7. The van der Waals surface area contributed by atoms with Crippen LogP contribution in [0.4, 0.5) is 17.6 Å². The number of rotatable bonds is 9. The lowest BCUT2D eigenvalue weighted by Crippen LogP contribution is -2.56. The van der Waals surface area contributed by atoms with Gasteiger partial charge in [0.25, 0.3) is 11.8 Å². The van der Waals surface area contributed by atoms with Crippen molar-refractivity contribution in [1.29, 1.82) is 0 Å². The summed E-state index contributed by atoms with van der Waals surface area (Å²) >= 11 is 0. The first-order valence-corrected chi connectivity index (χ1v) is 11.5. The molecule has 1 fully saturated rings. The molecule has 0 unspecified atom stereocenters. The van der Waals surface area contributed by atoms with Crippen LogP contribution in [-0.2, 0) is 24.1 Å². The fraction of sp³-hybridized carbons (Fsp3) is 0.565. The third-order valence-corrected chi connectivity index (χ3v) is 6.32. The van der Waals surface area contributed by atoms with Crippen LogP contribution in [0.1, 0.15) is 28.0 Å². The molecule has 1 saturated heterocycles. The maximum absolute atomic E-state index is 12.9. The topological polar surface area (TPSA) is 77.8 Å². The molecule has 12 heteroatoms. The molecule has 0 radical (unpaired) electrons. The predicted molar refractivity (Wildman–Crippen MR) is 115 cm³/mol. The highest BCUT2D eigenvalue weighted by molar-refractivity contribution is 5.92. The molecular formula is C23H26F4N4O4. The molecule has 1 amide bonds. The third-order valence-electron chi connectivity index (χ3n) is 6.32. The first-order valence-electron chi connectivity index (χ1n) is 11.5. The number of ether oxygens (including phenoxy) is 3. The lowest BCUT2D eigenvalue weighted by molar-refractivity contribution is -0.131. The molecule has 1 aromatic heterocycles. The van der Waals surface area contributed by atoms with Crippen LogP contribution < -0.4 is 14.8 Å². The van der Waals surface area contributed by atoms with E-state index < -0.39 is 12.5 Å². The first-order chi connectivity index (χ1) is 16.7. The highest BCUT2D eigenvalue weighted by Gasteiger charge is 2.43. The minimum absolute atomic E-state index is 0.0837. The maximum atomic E-state index is 12.9. The van der Waals surface area contributed by atoms with E-state index in [1.165, 1.54) is 0 Å². The molecule has 190 valence electrons. The summed E-state index contributed by atoms with van der Waals surface area (Å²) in [5, 5.41) is 7.25. The van der Waals surface area contributed by atoms with Crippen LogP contribution in [-0.4, -0.2) is 78.1 Å². The van der Waals surface area contributed by atoms with E-state index in [1.54, 1.807) is 21.7 Å². The number of benzene rings is 1. The van der Waals surface area contributed by atoms with Crippen molar-refractivity contribution in [3.8, 4) is 11.6 Å². The van der Waals surface area contributed by atoms with Gasteiger partial charge in [-0.2, -0.15) is 13.9 Å². The number of likely N-dealkylation sites (tertiary alicyclic amines) is 1. The Balaban J connectivity index is 1.10. The van der Waals surface area contributed by atoms with E-state index in [1.807, 2.05) is 12.1 Å². The molecule has 3 aliphatic heterocycles. The fourth-order valence-electron chi connectivity index (χ4n) is 4.60. The van der Waals surface area contributed by atoms with Crippen molar-refractivity contribution in [1.82, 2.24) is 20.0 Å². The minimum Gasteiger partial charge on any atom is -0.491 e. The van der Waals surface area contributed by atoms with E-state index in [0.717, 1.165) is 11.1 Å². The second-order valence-corrected chi connectivity index (χ2v) is 9.15. The first kappa shape index (κ1) is 23.9. The van der Waals surface area contributed by atoms with Gasteiger partial charge in [-0.15, -0.1) is 0 Å². The van der Waals surface area contributed by atoms with Gasteiger partial charge in [-0.25, -0.2) is 13.5 Å². The van der Waals surface area contributed by atoms with Crippen molar-refractivity contribution < 1.29 is 36.6 Å². The quantitative estimate of drug-likeness (QED) is 0.536. The van der Waals surface area contributed by atoms with Gasteiger partial charge in [-0.05, 0) is 36.5 Å². The Labute approximate surface area is 199 Å². The zero-order valence-electron chi connectivity index (χ0n) is 18.9. The van der Waals surface area contributed by atoms with E-state index >= 15 is 0 Å². The normalized spacial score (nSPS) is 22.7. The number of nitrogens with one attached hydrogen (secondary N) is 1. The average molecular weight is 498 g/mol. The summed E-state index contributed by atoms with van der Waals surface area (Å²) in [5.41, 5.74) is 1.96. The number of fused-ring (bicyclic) bond motifs is 2. The largest absolute Gasteiger partial charge is 0.491 e. The zero-order chi connectivity index (χ0) is 24.6. The fourth-order valence-corrected chi connectivity index (χ4v) is 4.60. The summed E-state index contributed by atoms with van der Waals surface area (Å²) in [6, 6.07) is 6.79. The van der Waals surface area contributed by atoms with E-state index in [9.17, 15) is 22.4 Å². The van der Waals surface area contributed by atoms with E-state index in [2.05, 4.69) is 15.2 Å². The Kier molecular flexibility index (Phi) is 6.58. The van der Waals surface area contributed by atoms with Gasteiger partial charge in [-0.1, -0.05) is 12.1 Å². The third kappa shape index (κ3) is 5.69. The van der Waals surface area contributed by atoms with Gasteiger partial charge in [-0.3, -0.25) is 9.69 Å². The number of nitrogens with zero attached hydrogens (tertiary/aromatic N) is 3. The zero-order valence-corrected chi connectivity index (χ0v) is 18.9. The molecule has 1 N–H and O–H groups in total. The van der Waals surface area contributed by atoms with Gasteiger partial charge in [0.15, 0.2) is 5.69 Å². The summed E-state index contributed by atoms with van der Waals surface area (Å²) in [4.78, 5) is 14.4. The molecule has 8 nitrogen and oxygen atoms in total. The van der Waals surface area contributed by atoms with Crippen LogP contribution in [0, 0.1) is 0 Å². The molecule has 1 aromatic carbocycles. The molecule has 0 bridgehead atoms. The van der Waals surface area contributed by atoms with Crippen molar-refractivity contribution in [2.45, 2.75) is 50.5 Å². The molecule has 4 heterocycles. The predicted octanol–water partition coefficient (Wildman–Crippen LogP) is 2.50. The molecule has 5 rings (SSSR count). The van der Waals surface area contributed by atoms with Crippen molar-refractivity contribution in [2.75, 3.05) is 32.8 Å². The Hall–Kier alpha value is -2.86. The van der Waals surface area contributed by atoms with Gasteiger partial charge in [0, 0.05) is 12.6 Å². The standard InChI is InChI=1S/C23H26F4N4O4/c24-22(25)33-6-4-14-1-2-19-15(7-14)8-16(11-34-19)28-21(32)18-9-20-31(29-18)10-17(35-20)3-5-30-12-23(26,27)13-30/h1-2,7,9,16-17,22H,3-6,8,10-13H2,(H,28,32)/t16-,17-/m1/s1. The van der Waals surface area contributed by atoms with Crippen LogP contribution in [0.5, 0.6) is 11.6 Å². The van der Waals surface area contributed by atoms with Crippen LogP contribution in [0.2, 0.25) is 0 Å². The number of hydrogen-bond acceptors (Lipinski definition) is 6. The van der Waals surface area contributed by atoms with Crippen molar-refractivity contribution in [3.63, 3.8) is 0 Å². The van der Waals surface area contributed by atoms with Crippen LogP contribution >= 0.6 is 0 Å². The van der Waals surface area contributed by atoms with E-state index in [0.29, 0.717) is 50.6 Å². The summed E-state index contributed by atoms with van der Waals surface area (Å²) in [6.45, 7) is -2.00. The Morgan fingerprint density at radius 3 is 2.86 bits per heavy atom. The van der Waals surface area contributed by atoms with Crippen molar-refractivity contribution in [3.05, 3.63) is 41.1 Å². The highest BCUT2D eigenvalue weighted by atomic mass is 19.3. The van der Waals surface area contributed by atoms with Crippen LogP contribution in [0.25, 0.3) is 0 Å². The van der Waals surface area contributed by atoms with Crippen molar-refractivity contribution in [2.24, 2.45) is 0 Å². The van der Waals surface area contributed by atoms with E-state index in [4.69, 9.17) is 9.47 Å².